The van der Waals surface area contributed by atoms with Crippen molar-refractivity contribution in [3.05, 3.63) is 71.2 Å². The van der Waals surface area contributed by atoms with Crippen molar-refractivity contribution in [1.82, 2.24) is 4.98 Å². The largest absolute Gasteiger partial charge is 0.358 e. The maximum absolute atomic E-state index is 14.0. The summed E-state index contributed by atoms with van der Waals surface area (Å²) in [7, 11) is 0. The van der Waals surface area contributed by atoms with Crippen molar-refractivity contribution in [1.29, 1.82) is 0 Å². The minimum Gasteiger partial charge on any atom is -0.358 e. The summed E-state index contributed by atoms with van der Waals surface area (Å²) in [6.07, 6.45) is 0. The van der Waals surface area contributed by atoms with Gasteiger partial charge in [0, 0.05) is 29.1 Å². The summed E-state index contributed by atoms with van der Waals surface area (Å²) in [6.45, 7) is 2.42. The van der Waals surface area contributed by atoms with Crippen LogP contribution in [0.5, 0.6) is 0 Å². The molecular formula is C17H17FN2. The van der Waals surface area contributed by atoms with Crippen LogP contribution in [0.25, 0.3) is 10.9 Å². The summed E-state index contributed by atoms with van der Waals surface area (Å²) in [5, 5.41) is 1.16. The van der Waals surface area contributed by atoms with E-state index in [2.05, 4.69) is 18.0 Å². The number of hydrogen-bond donors (Lipinski definition) is 2. The lowest BCUT2D eigenvalue weighted by atomic mass is 9.93. The summed E-state index contributed by atoms with van der Waals surface area (Å²) in [5.74, 6) is -0.357. The fourth-order valence-electron chi connectivity index (χ4n) is 2.81. The number of halogens is 1. The Hall–Kier alpha value is -2.13. The highest BCUT2D eigenvalue weighted by molar-refractivity contribution is 5.84. The van der Waals surface area contributed by atoms with E-state index in [9.17, 15) is 4.39 Å². The number of aromatic nitrogens is 1. The second kappa shape index (κ2) is 5.10. The molecule has 20 heavy (non-hydrogen) atoms. The number of benzene rings is 2. The molecule has 1 atom stereocenters. The molecule has 0 saturated heterocycles. The first kappa shape index (κ1) is 12.9. The van der Waals surface area contributed by atoms with E-state index < -0.39 is 0 Å². The van der Waals surface area contributed by atoms with Crippen molar-refractivity contribution in [3.63, 3.8) is 0 Å². The molecule has 1 unspecified atom stereocenters. The molecule has 1 heterocycles. The van der Waals surface area contributed by atoms with Crippen LogP contribution >= 0.6 is 0 Å². The number of para-hydroxylation sites is 1. The van der Waals surface area contributed by atoms with Crippen LogP contribution in [0.2, 0.25) is 0 Å². The molecular weight excluding hydrogens is 251 g/mol. The molecule has 0 fully saturated rings. The summed E-state index contributed by atoms with van der Waals surface area (Å²) in [5.41, 5.74) is 9.75. The van der Waals surface area contributed by atoms with E-state index in [-0.39, 0.29) is 11.7 Å². The average molecular weight is 268 g/mol. The molecule has 3 N–H and O–H groups in total. The minimum atomic E-state index is -0.207. The fraction of sp³-hybridized carbons (Fsp3) is 0.176. The van der Waals surface area contributed by atoms with Gasteiger partial charge in [-0.15, -0.1) is 0 Å². The molecule has 0 bridgehead atoms. The molecule has 0 saturated carbocycles. The van der Waals surface area contributed by atoms with Crippen LogP contribution in [-0.2, 0) is 0 Å². The SMILES string of the molecule is Cc1c(C(CN)c2ccccc2F)[nH]c2ccccc12. The summed E-state index contributed by atoms with van der Waals surface area (Å²) < 4.78 is 14.0. The first-order chi connectivity index (χ1) is 9.72. The van der Waals surface area contributed by atoms with Crippen LogP contribution in [0.4, 0.5) is 4.39 Å². The number of nitrogens with one attached hydrogen (secondary N) is 1. The Morgan fingerprint density at radius 1 is 1.10 bits per heavy atom. The second-order valence-corrected chi connectivity index (χ2v) is 5.02. The molecule has 102 valence electrons. The predicted molar refractivity (Wildman–Crippen MR) is 80.3 cm³/mol. The Labute approximate surface area is 117 Å². The third kappa shape index (κ3) is 2.00. The molecule has 3 rings (SSSR count). The highest BCUT2D eigenvalue weighted by atomic mass is 19.1. The van der Waals surface area contributed by atoms with Crippen LogP contribution in [0.3, 0.4) is 0 Å². The molecule has 0 aliphatic carbocycles. The monoisotopic (exact) mass is 268 g/mol. The molecule has 0 spiro atoms. The fourth-order valence-corrected chi connectivity index (χ4v) is 2.81. The zero-order valence-electron chi connectivity index (χ0n) is 11.4. The summed E-state index contributed by atoms with van der Waals surface area (Å²) in [6, 6.07) is 14.9. The quantitative estimate of drug-likeness (QED) is 0.747. The lowest BCUT2D eigenvalue weighted by Crippen LogP contribution is -2.16. The minimum absolute atomic E-state index is 0.149. The molecule has 1 aromatic heterocycles. The molecule has 0 amide bonds. The number of aromatic amines is 1. The van der Waals surface area contributed by atoms with E-state index in [1.165, 1.54) is 6.07 Å². The summed E-state index contributed by atoms with van der Waals surface area (Å²) >= 11 is 0. The molecule has 0 radical (unpaired) electrons. The van der Waals surface area contributed by atoms with Gasteiger partial charge in [0.05, 0.1) is 0 Å². The third-order valence-electron chi connectivity index (χ3n) is 3.87. The molecule has 0 aliphatic heterocycles. The predicted octanol–water partition coefficient (Wildman–Crippen LogP) is 3.71. The molecule has 0 aliphatic rings. The Balaban J connectivity index is 2.17. The topological polar surface area (TPSA) is 41.8 Å². The van der Waals surface area contributed by atoms with Gasteiger partial charge in [0.1, 0.15) is 5.82 Å². The smallest absolute Gasteiger partial charge is 0.127 e. The van der Waals surface area contributed by atoms with Gasteiger partial charge >= 0.3 is 0 Å². The highest BCUT2D eigenvalue weighted by Crippen LogP contribution is 2.31. The third-order valence-corrected chi connectivity index (χ3v) is 3.87. The van der Waals surface area contributed by atoms with Gasteiger partial charge in [-0.2, -0.15) is 0 Å². The van der Waals surface area contributed by atoms with Gasteiger partial charge < -0.3 is 10.7 Å². The Kier molecular flexibility index (Phi) is 3.28. The number of H-pyrrole nitrogens is 1. The zero-order valence-corrected chi connectivity index (χ0v) is 11.4. The number of hydrogen-bond acceptors (Lipinski definition) is 1. The lowest BCUT2D eigenvalue weighted by molar-refractivity contribution is 0.595. The average Bonchev–Trinajstić information content (AvgIpc) is 2.80. The molecule has 3 heteroatoms. The Morgan fingerprint density at radius 2 is 1.80 bits per heavy atom. The van der Waals surface area contributed by atoms with Gasteiger partial charge in [-0.3, -0.25) is 0 Å². The van der Waals surface area contributed by atoms with E-state index in [0.29, 0.717) is 12.1 Å². The Morgan fingerprint density at radius 3 is 2.50 bits per heavy atom. The second-order valence-electron chi connectivity index (χ2n) is 5.02. The van der Waals surface area contributed by atoms with E-state index >= 15 is 0 Å². The first-order valence-corrected chi connectivity index (χ1v) is 6.74. The van der Waals surface area contributed by atoms with E-state index in [1.807, 2.05) is 24.3 Å². The van der Waals surface area contributed by atoms with Crippen LogP contribution in [0.15, 0.2) is 48.5 Å². The van der Waals surface area contributed by atoms with Crippen molar-refractivity contribution in [3.8, 4) is 0 Å². The van der Waals surface area contributed by atoms with Gasteiger partial charge in [-0.05, 0) is 30.2 Å². The van der Waals surface area contributed by atoms with Crippen molar-refractivity contribution in [2.45, 2.75) is 12.8 Å². The normalized spacial score (nSPS) is 12.8. The van der Waals surface area contributed by atoms with Crippen molar-refractivity contribution < 1.29 is 4.39 Å². The highest BCUT2D eigenvalue weighted by Gasteiger charge is 2.20. The first-order valence-electron chi connectivity index (χ1n) is 6.74. The van der Waals surface area contributed by atoms with Crippen molar-refractivity contribution >= 4 is 10.9 Å². The standard InChI is InChI=1S/C17H17FN2/c1-11-12-6-3-5-9-16(12)20-17(11)14(10-19)13-7-2-4-8-15(13)18/h2-9,14,20H,10,19H2,1H3. The van der Waals surface area contributed by atoms with E-state index in [0.717, 1.165) is 22.2 Å². The lowest BCUT2D eigenvalue weighted by Gasteiger charge is -2.16. The van der Waals surface area contributed by atoms with Crippen molar-refractivity contribution in [2.75, 3.05) is 6.54 Å². The maximum atomic E-state index is 14.0. The van der Waals surface area contributed by atoms with Gasteiger partial charge in [0.15, 0.2) is 0 Å². The van der Waals surface area contributed by atoms with Crippen LogP contribution in [-0.4, -0.2) is 11.5 Å². The van der Waals surface area contributed by atoms with Crippen LogP contribution in [0, 0.1) is 12.7 Å². The van der Waals surface area contributed by atoms with E-state index in [4.69, 9.17) is 5.73 Å². The molecule has 3 aromatic rings. The zero-order chi connectivity index (χ0) is 14.1. The van der Waals surface area contributed by atoms with E-state index in [1.54, 1.807) is 12.1 Å². The molecule has 2 aromatic carbocycles. The van der Waals surface area contributed by atoms with Gasteiger partial charge in [-0.25, -0.2) is 4.39 Å². The number of aryl methyl sites for hydroxylation is 1. The van der Waals surface area contributed by atoms with Gasteiger partial charge in [0.2, 0.25) is 0 Å². The molecule has 2 nitrogen and oxygen atoms in total. The Bertz CT molecular complexity index is 746. The number of fused-ring (bicyclic) bond motifs is 1. The van der Waals surface area contributed by atoms with Crippen molar-refractivity contribution in [2.24, 2.45) is 5.73 Å². The van der Waals surface area contributed by atoms with Gasteiger partial charge in [-0.1, -0.05) is 36.4 Å². The van der Waals surface area contributed by atoms with Gasteiger partial charge in [0.25, 0.3) is 0 Å². The number of rotatable bonds is 3. The summed E-state index contributed by atoms with van der Waals surface area (Å²) in [4.78, 5) is 3.39. The van der Waals surface area contributed by atoms with Crippen LogP contribution in [0.1, 0.15) is 22.7 Å². The number of nitrogens with two attached hydrogens (primary N) is 1. The maximum Gasteiger partial charge on any atom is 0.127 e. The van der Waals surface area contributed by atoms with Crippen LogP contribution < -0.4 is 5.73 Å².